The van der Waals surface area contributed by atoms with Crippen molar-refractivity contribution in [2.75, 3.05) is 6.61 Å². The summed E-state index contributed by atoms with van der Waals surface area (Å²) in [5, 5.41) is 21.7. The van der Waals surface area contributed by atoms with E-state index in [4.69, 9.17) is 5.11 Å². The minimum absolute atomic E-state index is 0.0101. The van der Waals surface area contributed by atoms with Crippen LogP contribution in [0.1, 0.15) is 44.9 Å². The summed E-state index contributed by atoms with van der Waals surface area (Å²) >= 11 is 0. The first-order valence-electron chi connectivity index (χ1n) is 6.77. The van der Waals surface area contributed by atoms with Crippen molar-refractivity contribution < 1.29 is 15.0 Å². The van der Waals surface area contributed by atoms with Gasteiger partial charge in [-0.25, -0.2) is 0 Å². The van der Waals surface area contributed by atoms with Crippen molar-refractivity contribution in [2.45, 2.75) is 57.1 Å². The molecule has 2 aliphatic carbocycles. The molecule has 0 unspecified atom stereocenters. The zero-order valence-electron chi connectivity index (χ0n) is 10.3. The SMILES string of the molecule is O=C(CC1CCCC1)N[C@H]1C[C@@H](CO)[C@H](O)C1. The van der Waals surface area contributed by atoms with E-state index in [0.29, 0.717) is 25.2 Å². The number of aliphatic hydroxyl groups excluding tert-OH is 2. The molecule has 4 heteroatoms. The summed E-state index contributed by atoms with van der Waals surface area (Å²) in [6.45, 7) is 0.0101. The number of rotatable bonds is 4. The van der Waals surface area contributed by atoms with Gasteiger partial charge in [-0.3, -0.25) is 4.79 Å². The molecule has 0 aromatic rings. The zero-order valence-corrected chi connectivity index (χ0v) is 10.3. The van der Waals surface area contributed by atoms with E-state index in [2.05, 4.69) is 5.32 Å². The van der Waals surface area contributed by atoms with E-state index in [0.717, 1.165) is 0 Å². The van der Waals surface area contributed by atoms with Gasteiger partial charge in [0.05, 0.1) is 6.10 Å². The minimum atomic E-state index is -0.461. The second-order valence-corrected chi connectivity index (χ2v) is 5.60. The van der Waals surface area contributed by atoms with Gasteiger partial charge < -0.3 is 15.5 Å². The van der Waals surface area contributed by atoms with Gasteiger partial charge in [-0.15, -0.1) is 0 Å². The van der Waals surface area contributed by atoms with Crippen molar-refractivity contribution in [3.05, 3.63) is 0 Å². The lowest BCUT2D eigenvalue weighted by molar-refractivity contribution is -0.122. The van der Waals surface area contributed by atoms with Crippen molar-refractivity contribution in [3.63, 3.8) is 0 Å². The van der Waals surface area contributed by atoms with Gasteiger partial charge in [-0.05, 0) is 31.6 Å². The van der Waals surface area contributed by atoms with Crippen LogP contribution in [0.25, 0.3) is 0 Å². The fourth-order valence-corrected chi connectivity index (χ4v) is 3.18. The lowest BCUT2D eigenvalue weighted by Gasteiger charge is -2.14. The number of hydrogen-bond acceptors (Lipinski definition) is 3. The molecule has 0 heterocycles. The van der Waals surface area contributed by atoms with Gasteiger partial charge in [0, 0.05) is 25.0 Å². The predicted octanol–water partition coefficient (Wildman–Crippen LogP) is 0.815. The molecule has 0 aromatic heterocycles. The average molecular weight is 241 g/mol. The summed E-state index contributed by atoms with van der Waals surface area (Å²) in [6.07, 6.45) is 6.34. The van der Waals surface area contributed by atoms with Crippen LogP contribution >= 0.6 is 0 Å². The zero-order chi connectivity index (χ0) is 12.3. The van der Waals surface area contributed by atoms with Crippen LogP contribution in [0.3, 0.4) is 0 Å². The first-order chi connectivity index (χ1) is 8.19. The average Bonchev–Trinajstić information content (AvgIpc) is 2.88. The number of carbonyl (C=O) groups is 1. The molecular formula is C13H23NO3. The highest BCUT2D eigenvalue weighted by Gasteiger charge is 2.33. The predicted molar refractivity (Wildman–Crippen MR) is 64.3 cm³/mol. The van der Waals surface area contributed by atoms with Gasteiger partial charge >= 0.3 is 0 Å². The summed E-state index contributed by atoms with van der Waals surface area (Å²) < 4.78 is 0. The molecule has 17 heavy (non-hydrogen) atoms. The highest BCUT2D eigenvalue weighted by atomic mass is 16.3. The van der Waals surface area contributed by atoms with Crippen molar-refractivity contribution in [1.29, 1.82) is 0 Å². The molecule has 2 aliphatic rings. The molecule has 0 radical (unpaired) electrons. The van der Waals surface area contributed by atoms with Crippen LogP contribution in [0.2, 0.25) is 0 Å². The lowest BCUT2D eigenvalue weighted by atomic mass is 10.0. The first kappa shape index (κ1) is 12.8. The largest absolute Gasteiger partial charge is 0.396 e. The van der Waals surface area contributed by atoms with Gasteiger partial charge in [-0.1, -0.05) is 12.8 Å². The minimum Gasteiger partial charge on any atom is -0.396 e. The maximum absolute atomic E-state index is 11.8. The summed E-state index contributed by atoms with van der Waals surface area (Å²) in [5.74, 6) is 0.620. The molecule has 0 saturated heterocycles. The normalized spacial score (nSPS) is 34.1. The Morgan fingerprint density at radius 2 is 1.94 bits per heavy atom. The Morgan fingerprint density at radius 1 is 1.24 bits per heavy atom. The molecular weight excluding hydrogens is 218 g/mol. The number of amides is 1. The summed E-state index contributed by atoms with van der Waals surface area (Å²) in [7, 11) is 0. The topological polar surface area (TPSA) is 69.6 Å². The molecule has 2 rings (SSSR count). The molecule has 1 amide bonds. The Hall–Kier alpha value is -0.610. The molecule has 3 N–H and O–H groups in total. The molecule has 4 nitrogen and oxygen atoms in total. The molecule has 0 aliphatic heterocycles. The molecule has 0 bridgehead atoms. The summed E-state index contributed by atoms with van der Waals surface area (Å²) in [5.41, 5.74) is 0. The third kappa shape index (κ3) is 3.42. The number of nitrogens with one attached hydrogen (secondary N) is 1. The van der Waals surface area contributed by atoms with Crippen molar-refractivity contribution >= 4 is 5.91 Å². The Bertz CT molecular complexity index is 263. The standard InChI is InChI=1S/C13H23NO3/c15-8-10-6-11(7-12(10)16)14-13(17)5-9-3-1-2-4-9/h9-12,15-16H,1-8H2,(H,14,17)/t10-,11-,12+/m0/s1. The van der Waals surface area contributed by atoms with Crippen molar-refractivity contribution in [3.8, 4) is 0 Å². The van der Waals surface area contributed by atoms with Crippen LogP contribution in [-0.4, -0.2) is 34.9 Å². The van der Waals surface area contributed by atoms with E-state index in [1.807, 2.05) is 0 Å². The number of aliphatic hydroxyl groups is 2. The Labute approximate surface area is 102 Å². The Morgan fingerprint density at radius 3 is 2.53 bits per heavy atom. The van der Waals surface area contributed by atoms with Crippen LogP contribution in [0.15, 0.2) is 0 Å². The second-order valence-electron chi connectivity index (χ2n) is 5.60. The van der Waals surface area contributed by atoms with E-state index < -0.39 is 6.10 Å². The quantitative estimate of drug-likeness (QED) is 0.682. The van der Waals surface area contributed by atoms with E-state index in [9.17, 15) is 9.90 Å². The molecule has 0 spiro atoms. The second kappa shape index (κ2) is 5.83. The maximum Gasteiger partial charge on any atom is 0.220 e. The van der Waals surface area contributed by atoms with Crippen molar-refractivity contribution in [1.82, 2.24) is 5.32 Å². The summed E-state index contributed by atoms with van der Waals surface area (Å²) in [6, 6.07) is 0.0519. The number of hydrogen-bond donors (Lipinski definition) is 3. The Kier molecular flexibility index (Phi) is 4.40. The molecule has 3 atom stereocenters. The van der Waals surface area contributed by atoms with E-state index in [-0.39, 0.29) is 24.5 Å². The van der Waals surface area contributed by atoms with Crippen LogP contribution in [-0.2, 0) is 4.79 Å². The smallest absolute Gasteiger partial charge is 0.220 e. The monoisotopic (exact) mass is 241 g/mol. The van der Waals surface area contributed by atoms with Gasteiger partial charge in [0.2, 0.25) is 5.91 Å². The van der Waals surface area contributed by atoms with Crippen LogP contribution in [0, 0.1) is 11.8 Å². The van der Waals surface area contributed by atoms with Crippen LogP contribution < -0.4 is 5.32 Å². The highest BCUT2D eigenvalue weighted by molar-refractivity contribution is 5.76. The van der Waals surface area contributed by atoms with Gasteiger partial charge in [0.1, 0.15) is 0 Å². The Balaban J connectivity index is 1.71. The van der Waals surface area contributed by atoms with E-state index >= 15 is 0 Å². The van der Waals surface area contributed by atoms with Gasteiger partial charge in [0.25, 0.3) is 0 Å². The highest BCUT2D eigenvalue weighted by Crippen LogP contribution is 2.29. The van der Waals surface area contributed by atoms with Crippen LogP contribution in [0.5, 0.6) is 0 Å². The van der Waals surface area contributed by atoms with E-state index in [1.165, 1.54) is 25.7 Å². The molecule has 98 valence electrons. The van der Waals surface area contributed by atoms with Gasteiger partial charge in [0.15, 0.2) is 0 Å². The summed E-state index contributed by atoms with van der Waals surface area (Å²) in [4.78, 5) is 11.8. The number of carbonyl (C=O) groups excluding carboxylic acids is 1. The van der Waals surface area contributed by atoms with E-state index in [1.54, 1.807) is 0 Å². The maximum atomic E-state index is 11.8. The van der Waals surface area contributed by atoms with Crippen LogP contribution in [0.4, 0.5) is 0 Å². The third-order valence-corrected chi connectivity index (χ3v) is 4.21. The molecule has 2 fully saturated rings. The first-order valence-corrected chi connectivity index (χ1v) is 6.77. The van der Waals surface area contributed by atoms with Gasteiger partial charge in [-0.2, -0.15) is 0 Å². The fraction of sp³-hybridized carbons (Fsp3) is 0.923. The fourth-order valence-electron chi connectivity index (χ4n) is 3.18. The van der Waals surface area contributed by atoms with Crippen molar-refractivity contribution in [2.24, 2.45) is 11.8 Å². The lowest BCUT2D eigenvalue weighted by Crippen LogP contribution is -2.34. The molecule has 2 saturated carbocycles. The molecule has 0 aromatic carbocycles. The third-order valence-electron chi connectivity index (χ3n) is 4.21.